The minimum Gasteiger partial charge on any atom is -0.486 e. The van der Waals surface area contributed by atoms with Crippen LogP contribution in [0.5, 0.6) is 17.2 Å². The summed E-state index contributed by atoms with van der Waals surface area (Å²) in [6, 6.07) is 11.3. The van der Waals surface area contributed by atoms with Crippen molar-refractivity contribution < 1.29 is 19.0 Å². The van der Waals surface area contributed by atoms with Gasteiger partial charge in [0, 0.05) is 11.8 Å². The van der Waals surface area contributed by atoms with Crippen molar-refractivity contribution in [1.29, 1.82) is 0 Å². The Bertz CT molecular complexity index is 772. The summed E-state index contributed by atoms with van der Waals surface area (Å²) >= 11 is 0. The molecule has 0 bridgehead atoms. The average Bonchev–Trinajstić information content (AvgIpc) is 2.61. The second kappa shape index (κ2) is 7.47. The number of benzene rings is 2. The van der Waals surface area contributed by atoms with Crippen LogP contribution in [-0.4, -0.2) is 25.2 Å². The minimum atomic E-state index is -0.561. The van der Waals surface area contributed by atoms with Crippen LogP contribution in [0.25, 0.3) is 0 Å². The summed E-state index contributed by atoms with van der Waals surface area (Å²) in [5, 5.41) is 2.89. The van der Waals surface area contributed by atoms with E-state index in [1.807, 2.05) is 39.0 Å². The topological polar surface area (TPSA) is 56.8 Å². The van der Waals surface area contributed by atoms with Crippen LogP contribution in [0.15, 0.2) is 36.4 Å². The van der Waals surface area contributed by atoms with Crippen LogP contribution in [0, 0.1) is 13.8 Å². The molecule has 1 aliphatic heterocycles. The number of rotatable bonds is 5. The molecule has 25 heavy (non-hydrogen) atoms. The van der Waals surface area contributed by atoms with Crippen molar-refractivity contribution >= 4 is 11.6 Å². The van der Waals surface area contributed by atoms with E-state index in [0.717, 1.165) is 11.3 Å². The molecule has 0 saturated carbocycles. The van der Waals surface area contributed by atoms with Gasteiger partial charge in [-0.1, -0.05) is 24.6 Å². The number of carbonyl (C=O) groups excluding carboxylic acids is 1. The van der Waals surface area contributed by atoms with E-state index in [-0.39, 0.29) is 5.91 Å². The van der Waals surface area contributed by atoms with Crippen molar-refractivity contribution in [1.82, 2.24) is 0 Å². The number of hydrogen-bond acceptors (Lipinski definition) is 4. The van der Waals surface area contributed by atoms with Crippen molar-refractivity contribution in [3.8, 4) is 17.2 Å². The highest BCUT2D eigenvalue weighted by molar-refractivity contribution is 5.94. The van der Waals surface area contributed by atoms with Gasteiger partial charge in [-0.05, 0) is 44.0 Å². The van der Waals surface area contributed by atoms with E-state index in [1.165, 1.54) is 5.56 Å². The molecule has 132 valence electrons. The lowest BCUT2D eigenvalue weighted by Crippen LogP contribution is -2.32. The molecule has 0 fully saturated rings. The highest BCUT2D eigenvalue weighted by Crippen LogP contribution is 2.32. The molecule has 3 rings (SSSR count). The van der Waals surface area contributed by atoms with Crippen LogP contribution < -0.4 is 19.5 Å². The maximum absolute atomic E-state index is 12.6. The van der Waals surface area contributed by atoms with Crippen LogP contribution in [-0.2, 0) is 4.79 Å². The molecular formula is C20H23NO4. The molecule has 1 unspecified atom stereocenters. The van der Waals surface area contributed by atoms with E-state index in [0.29, 0.717) is 36.8 Å². The molecule has 0 spiro atoms. The zero-order chi connectivity index (χ0) is 17.8. The molecule has 2 aromatic rings. The van der Waals surface area contributed by atoms with E-state index in [2.05, 4.69) is 5.32 Å². The van der Waals surface area contributed by atoms with Gasteiger partial charge in [0.25, 0.3) is 5.91 Å². The van der Waals surface area contributed by atoms with Crippen LogP contribution in [0.1, 0.15) is 24.5 Å². The monoisotopic (exact) mass is 341 g/mol. The van der Waals surface area contributed by atoms with Crippen molar-refractivity contribution in [3.63, 3.8) is 0 Å². The fraction of sp³-hybridized carbons (Fsp3) is 0.350. The van der Waals surface area contributed by atoms with E-state index in [1.54, 1.807) is 18.2 Å². The van der Waals surface area contributed by atoms with Crippen molar-refractivity contribution in [3.05, 3.63) is 47.5 Å². The first-order valence-corrected chi connectivity index (χ1v) is 8.51. The molecule has 5 heteroatoms. The zero-order valence-electron chi connectivity index (χ0n) is 14.8. The molecule has 5 nitrogen and oxygen atoms in total. The van der Waals surface area contributed by atoms with Crippen LogP contribution >= 0.6 is 0 Å². The van der Waals surface area contributed by atoms with Gasteiger partial charge in [0.2, 0.25) is 0 Å². The maximum atomic E-state index is 12.6. The number of ether oxygens (including phenoxy) is 3. The second-order valence-corrected chi connectivity index (χ2v) is 6.13. The summed E-state index contributed by atoms with van der Waals surface area (Å²) in [6.45, 7) is 6.99. The van der Waals surface area contributed by atoms with Gasteiger partial charge in [-0.25, -0.2) is 0 Å². The molecule has 0 saturated heterocycles. The second-order valence-electron chi connectivity index (χ2n) is 6.13. The number of carbonyl (C=O) groups is 1. The summed E-state index contributed by atoms with van der Waals surface area (Å²) in [6.07, 6.45) is 0.0126. The standard InChI is InChI=1S/C20H23NO4/c1-4-16(25-17-7-5-13(2)11-14(17)3)20(22)21-15-6-8-18-19(12-15)24-10-9-23-18/h5-8,11-12,16H,4,9-10H2,1-3H3,(H,21,22). The number of hydrogen-bond donors (Lipinski definition) is 1. The first-order valence-electron chi connectivity index (χ1n) is 8.51. The molecule has 1 N–H and O–H groups in total. The van der Waals surface area contributed by atoms with E-state index >= 15 is 0 Å². The predicted molar refractivity (Wildman–Crippen MR) is 96.7 cm³/mol. The molecule has 0 aliphatic carbocycles. The van der Waals surface area contributed by atoms with Crippen LogP contribution in [0.3, 0.4) is 0 Å². The lowest BCUT2D eigenvalue weighted by molar-refractivity contribution is -0.122. The minimum absolute atomic E-state index is 0.181. The number of aryl methyl sites for hydroxylation is 2. The smallest absolute Gasteiger partial charge is 0.265 e. The van der Waals surface area contributed by atoms with Gasteiger partial charge in [0.1, 0.15) is 19.0 Å². The van der Waals surface area contributed by atoms with Gasteiger partial charge in [-0.2, -0.15) is 0 Å². The molecule has 2 aromatic carbocycles. The average molecular weight is 341 g/mol. The molecule has 0 aromatic heterocycles. The van der Waals surface area contributed by atoms with Crippen molar-refractivity contribution in [2.24, 2.45) is 0 Å². The maximum Gasteiger partial charge on any atom is 0.265 e. The molecule has 1 aliphatic rings. The number of amides is 1. The quantitative estimate of drug-likeness (QED) is 0.897. The Morgan fingerprint density at radius 1 is 1.12 bits per heavy atom. The van der Waals surface area contributed by atoms with Gasteiger partial charge in [0.15, 0.2) is 17.6 Å². The molecule has 1 amide bonds. The molecular weight excluding hydrogens is 318 g/mol. The Morgan fingerprint density at radius 3 is 2.60 bits per heavy atom. The van der Waals surface area contributed by atoms with E-state index in [4.69, 9.17) is 14.2 Å². The summed E-state index contributed by atoms with van der Waals surface area (Å²) in [7, 11) is 0. The normalized spacial score (nSPS) is 13.9. The van der Waals surface area contributed by atoms with Crippen molar-refractivity contribution in [2.75, 3.05) is 18.5 Å². The Hall–Kier alpha value is -2.69. The van der Waals surface area contributed by atoms with Gasteiger partial charge in [-0.15, -0.1) is 0 Å². The highest BCUT2D eigenvalue weighted by Gasteiger charge is 2.20. The highest BCUT2D eigenvalue weighted by atomic mass is 16.6. The summed E-state index contributed by atoms with van der Waals surface area (Å²) in [5.41, 5.74) is 2.85. The largest absolute Gasteiger partial charge is 0.486 e. The van der Waals surface area contributed by atoms with Gasteiger partial charge in [-0.3, -0.25) is 4.79 Å². The summed E-state index contributed by atoms with van der Waals surface area (Å²) in [4.78, 5) is 12.6. The van der Waals surface area contributed by atoms with Crippen LogP contribution in [0.2, 0.25) is 0 Å². The van der Waals surface area contributed by atoms with Gasteiger partial charge < -0.3 is 19.5 Å². The third kappa shape index (κ3) is 4.05. The first-order chi connectivity index (χ1) is 12.1. The Balaban J connectivity index is 1.70. The molecule has 1 atom stereocenters. The summed E-state index contributed by atoms with van der Waals surface area (Å²) < 4.78 is 17.0. The van der Waals surface area contributed by atoms with Crippen molar-refractivity contribution in [2.45, 2.75) is 33.3 Å². The van der Waals surface area contributed by atoms with Gasteiger partial charge >= 0.3 is 0 Å². The number of nitrogens with one attached hydrogen (secondary N) is 1. The summed E-state index contributed by atoms with van der Waals surface area (Å²) in [5.74, 6) is 1.89. The first kappa shape index (κ1) is 17.1. The predicted octanol–water partition coefficient (Wildman–Crippen LogP) is 3.87. The fourth-order valence-corrected chi connectivity index (χ4v) is 2.75. The lowest BCUT2D eigenvalue weighted by Gasteiger charge is -2.21. The third-order valence-electron chi connectivity index (χ3n) is 4.07. The molecule has 0 radical (unpaired) electrons. The lowest BCUT2D eigenvalue weighted by atomic mass is 10.1. The van der Waals surface area contributed by atoms with Crippen LogP contribution in [0.4, 0.5) is 5.69 Å². The zero-order valence-corrected chi connectivity index (χ0v) is 14.8. The Morgan fingerprint density at radius 2 is 1.88 bits per heavy atom. The number of fused-ring (bicyclic) bond motifs is 1. The Labute approximate surface area is 147 Å². The van der Waals surface area contributed by atoms with E-state index in [9.17, 15) is 4.79 Å². The fourth-order valence-electron chi connectivity index (χ4n) is 2.75. The SMILES string of the molecule is CCC(Oc1ccc(C)cc1C)C(=O)Nc1ccc2c(c1)OCCO2. The number of anilines is 1. The Kier molecular flexibility index (Phi) is 5.12. The third-order valence-corrected chi connectivity index (χ3v) is 4.07. The van der Waals surface area contributed by atoms with E-state index < -0.39 is 6.10 Å². The van der Waals surface area contributed by atoms with Gasteiger partial charge in [0.05, 0.1) is 0 Å². The molecule has 1 heterocycles.